The highest BCUT2D eigenvalue weighted by atomic mass is 79.9. The molecule has 7 nitrogen and oxygen atoms in total. The lowest BCUT2D eigenvalue weighted by atomic mass is 10.1. The molecule has 0 heterocycles. The molecule has 0 spiro atoms. The van der Waals surface area contributed by atoms with Gasteiger partial charge in [-0.2, -0.15) is 0 Å². The summed E-state index contributed by atoms with van der Waals surface area (Å²) in [7, 11) is -2.67. The Kier molecular flexibility index (Phi) is 9.16. The van der Waals surface area contributed by atoms with Gasteiger partial charge in [0.2, 0.25) is 11.8 Å². The molecule has 0 fully saturated rings. The fourth-order valence-corrected chi connectivity index (χ4v) is 5.57. The fraction of sp³-hybridized carbons (Fsp3) is 0.231. The second kappa shape index (κ2) is 11.9. The van der Waals surface area contributed by atoms with Crippen LogP contribution < -0.4 is 9.62 Å². The van der Waals surface area contributed by atoms with Crippen LogP contribution in [0.5, 0.6) is 0 Å². The number of hydrogen-bond acceptors (Lipinski definition) is 4. The number of carbonyl (C=O) groups is 2. The minimum absolute atomic E-state index is 0.0274. The highest BCUT2D eigenvalue weighted by molar-refractivity contribution is 9.10. The molecule has 0 saturated carbocycles. The van der Waals surface area contributed by atoms with Crippen LogP contribution in [0.4, 0.5) is 5.69 Å². The molecule has 1 N–H and O–H groups in total. The van der Waals surface area contributed by atoms with Crippen LogP contribution in [-0.2, 0) is 26.2 Å². The number of carbonyl (C=O) groups excluding carboxylic acids is 2. The number of nitrogens with zero attached hydrogens (tertiary/aromatic N) is 2. The Morgan fingerprint density at radius 3 is 2.19 bits per heavy atom. The summed E-state index contributed by atoms with van der Waals surface area (Å²) in [5.41, 5.74) is 1.85. The molecule has 1 unspecified atom stereocenters. The SMILES string of the molecule is CNC(=O)C(C)N(Cc1ccc(Br)cc1)C(=O)CN(c1ccccc1Cl)S(=O)(=O)c1ccc(C)cc1. The molecule has 190 valence electrons. The van der Waals surface area contributed by atoms with Crippen molar-refractivity contribution in [3.63, 3.8) is 0 Å². The smallest absolute Gasteiger partial charge is 0.264 e. The summed E-state index contributed by atoms with van der Waals surface area (Å²) in [6.07, 6.45) is 0. The van der Waals surface area contributed by atoms with Gasteiger partial charge in [-0.3, -0.25) is 13.9 Å². The minimum atomic E-state index is -4.16. The number of likely N-dealkylation sites (N-methyl/N-ethyl adjacent to an activating group) is 1. The quantitative estimate of drug-likeness (QED) is 0.388. The molecule has 0 aliphatic rings. The van der Waals surface area contributed by atoms with Gasteiger partial charge in [0.1, 0.15) is 12.6 Å². The van der Waals surface area contributed by atoms with Crippen LogP contribution >= 0.6 is 27.5 Å². The highest BCUT2D eigenvalue weighted by Crippen LogP contribution is 2.31. The van der Waals surface area contributed by atoms with E-state index in [9.17, 15) is 18.0 Å². The molecule has 0 aliphatic carbocycles. The lowest BCUT2D eigenvalue weighted by Gasteiger charge is -2.32. The van der Waals surface area contributed by atoms with E-state index in [-0.39, 0.29) is 28.1 Å². The Hall–Kier alpha value is -2.88. The van der Waals surface area contributed by atoms with Crippen LogP contribution in [0.25, 0.3) is 0 Å². The maximum atomic E-state index is 13.7. The van der Waals surface area contributed by atoms with E-state index in [1.165, 1.54) is 24.1 Å². The molecule has 36 heavy (non-hydrogen) atoms. The van der Waals surface area contributed by atoms with Gasteiger partial charge < -0.3 is 10.2 Å². The average molecular weight is 593 g/mol. The molecule has 0 aliphatic heterocycles. The zero-order chi connectivity index (χ0) is 26.5. The number of hydrogen-bond donors (Lipinski definition) is 1. The van der Waals surface area contributed by atoms with Gasteiger partial charge in [0, 0.05) is 18.1 Å². The molecular weight excluding hydrogens is 566 g/mol. The molecule has 3 aromatic rings. The Labute approximate surface area is 225 Å². The Bertz CT molecular complexity index is 1330. The zero-order valence-corrected chi connectivity index (χ0v) is 23.3. The number of halogens is 2. The molecule has 3 rings (SSSR count). The zero-order valence-electron chi connectivity index (χ0n) is 20.1. The van der Waals surface area contributed by atoms with Gasteiger partial charge in [0.15, 0.2) is 0 Å². The van der Waals surface area contributed by atoms with Gasteiger partial charge in [0.05, 0.1) is 15.6 Å². The molecule has 0 bridgehead atoms. The maximum absolute atomic E-state index is 13.7. The second-order valence-electron chi connectivity index (χ2n) is 8.21. The molecule has 10 heteroatoms. The van der Waals surface area contributed by atoms with Crippen LogP contribution in [0.2, 0.25) is 5.02 Å². The predicted octanol–water partition coefficient (Wildman–Crippen LogP) is 4.77. The number of sulfonamides is 1. The third kappa shape index (κ3) is 6.46. The lowest BCUT2D eigenvalue weighted by Crippen LogP contribution is -2.50. The van der Waals surface area contributed by atoms with Crippen molar-refractivity contribution in [2.75, 3.05) is 17.9 Å². The Morgan fingerprint density at radius 2 is 1.61 bits per heavy atom. The number of benzene rings is 3. The average Bonchev–Trinajstić information content (AvgIpc) is 2.86. The number of para-hydroxylation sites is 1. The first-order chi connectivity index (χ1) is 17.0. The van der Waals surface area contributed by atoms with Crippen molar-refractivity contribution in [2.24, 2.45) is 0 Å². The van der Waals surface area contributed by atoms with E-state index < -0.39 is 28.5 Å². The maximum Gasteiger partial charge on any atom is 0.264 e. The van der Waals surface area contributed by atoms with Gasteiger partial charge in [-0.1, -0.05) is 69.5 Å². The molecule has 0 saturated heterocycles. The number of nitrogens with one attached hydrogen (secondary N) is 1. The van der Waals surface area contributed by atoms with E-state index in [0.717, 1.165) is 19.9 Å². The molecule has 2 amide bonds. The second-order valence-corrected chi connectivity index (χ2v) is 11.4. The molecule has 0 radical (unpaired) electrons. The number of aryl methyl sites for hydroxylation is 1. The monoisotopic (exact) mass is 591 g/mol. The van der Waals surface area contributed by atoms with Gasteiger partial charge in [0.25, 0.3) is 10.0 Å². The van der Waals surface area contributed by atoms with E-state index in [4.69, 9.17) is 11.6 Å². The summed E-state index contributed by atoms with van der Waals surface area (Å²) in [6.45, 7) is 3.02. The lowest BCUT2D eigenvalue weighted by molar-refractivity contribution is -0.139. The van der Waals surface area contributed by atoms with E-state index in [2.05, 4.69) is 21.2 Å². The van der Waals surface area contributed by atoms with Crippen LogP contribution in [0.3, 0.4) is 0 Å². The highest BCUT2D eigenvalue weighted by Gasteiger charge is 2.33. The van der Waals surface area contributed by atoms with Gasteiger partial charge >= 0.3 is 0 Å². The van der Waals surface area contributed by atoms with Crippen molar-refractivity contribution in [3.05, 3.63) is 93.4 Å². The van der Waals surface area contributed by atoms with Crippen molar-refractivity contribution in [1.29, 1.82) is 0 Å². The summed E-state index contributed by atoms with van der Waals surface area (Å²) in [4.78, 5) is 27.6. The van der Waals surface area contributed by atoms with Gasteiger partial charge in [-0.05, 0) is 55.8 Å². The third-order valence-electron chi connectivity index (χ3n) is 5.69. The number of amides is 2. The normalized spacial score (nSPS) is 12.0. The van der Waals surface area contributed by atoms with Crippen LogP contribution in [0.15, 0.2) is 82.2 Å². The topological polar surface area (TPSA) is 86.8 Å². The van der Waals surface area contributed by atoms with Gasteiger partial charge in [-0.15, -0.1) is 0 Å². The van der Waals surface area contributed by atoms with Crippen LogP contribution in [-0.4, -0.2) is 44.8 Å². The van der Waals surface area contributed by atoms with Crippen molar-refractivity contribution in [2.45, 2.75) is 31.3 Å². The number of anilines is 1. The first kappa shape index (κ1) is 27.7. The third-order valence-corrected chi connectivity index (χ3v) is 8.31. The standard InChI is InChI=1S/C26H27BrClN3O4S/c1-18-8-14-22(15-9-18)36(34,35)31(24-7-5-4-6-23(24)28)17-25(32)30(19(2)26(33)29-3)16-20-10-12-21(27)13-11-20/h4-15,19H,16-17H2,1-3H3,(H,29,33). The summed E-state index contributed by atoms with van der Waals surface area (Å²) < 4.78 is 29.3. The Morgan fingerprint density at radius 1 is 1.00 bits per heavy atom. The largest absolute Gasteiger partial charge is 0.357 e. The molecule has 3 aromatic carbocycles. The summed E-state index contributed by atoms with van der Waals surface area (Å²) in [5.74, 6) is -0.921. The number of rotatable bonds is 9. The van der Waals surface area contributed by atoms with E-state index in [1.807, 2.05) is 31.2 Å². The van der Waals surface area contributed by atoms with E-state index in [1.54, 1.807) is 43.3 Å². The van der Waals surface area contributed by atoms with Crippen molar-refractivity contribution >= 4 is 55.1 Å². The fourth-order valence-electron chi connectivity index (χ4n) is 3.58. The van der Waals surface area contributed by atoms with Crippen LogP contribution in [0.1, 0.15) is 18.1 Å². The van der Waals surface area contributed by atoms with E-state index >= 15 is 0 Å². The summed E-state index contributed by atoms with van der Waals surface area (Å²) in [5, 5.41) is 2.74. The van der Waals surface area contributed by atoms with Gasteiger partial charge in [-0.25, -0.2) is 8.42 Å². The predicted molar refractivity (Wildman–Crippen MR) is 145 cm³/mol. The first-order valence-electron chi connectivity index (χ1n) is 11.1. The van der Waals surface area contributed by atoms with Crippen molar-refractivity contribution in [1.82, 2.24) is 10.2 Å². The molecule has 1 atom stereocenters. The molecular formula is C26H27BrClN3O4S. The summed E-state index contributed by atoms with van der Waals surface area (Å²) >= 11 is 9.77. The minimum Gasteiger partial charge on any atom is -0.357 e. The molecule has 0 aromatic heterocycles. The Balaban J connectivity index is 2.04. The van der Waals surface area contributed by atoms with Crippen molar-refractivity contribution < 1.29 is 18.0 Å². The van der Waals surface area contributed by atoms with Crippen molar-refractivity contribution in [3.8, 4) is 0 Å². The summed E-state index contributed by atoms with van der Waals surface area (Å²) in [6, 6.07) is 19.3. The van der Waals surface area contributed by atoms with E-state index in [0.29, 0.717) is 0 Å². The first-order valence-corrected chi connectivity index (χ1v) is 13.7. The van der Waals surface area contributed by atoms with Crippen LogP contribution in [0, 0.1) is 6.92 Å².